The zero-order valence-corrected chi connectivity index (χ0v) is 19.3. The van der Waals surface area contributed by atoms with Crippen LogP contribution in [-0.2, 0) is 6.42 Å². The Labute approximate surface area is 200 Å². The third kappa shape index (κ3) is 2.57. The summed E-state index contributed by atoms with van der Waals surface area (Å²) in [4.78, 5) is 9.55. The van der Waals surface area contributed by atoms with Gasteiger partial charge in [0.25, 0.3) is 0 Å². The van der Waals surface area contributed by atoms with Gasteiger partial charge in [-0.05, 0) is 66.8 Å². The average molecular weight is 448 g/mol. The summed E-state index contributed by atoms with van der Waals surface area (Å²) in [5, 5.41) is 2.19. The molecule has 0 unspecified atom stereocenters. The van der Waals surface area contributed by atoms with Gasteiger partial charge in [-0.2, -0.15) is 0 Å². The van der Waals surface area contributed by atoms with Gasteiger partial charge in [-0.25, -0.2) is 4.98 Å². The molecule has 1 aliphatic carbocycles. The van der Waals surface area contributed by atoms with E-state index < -0.39 is 0 Å². The van der Waals surface area contributed by atoms with Crippen molar-refractivity contribution in [3.05, 3.63) is 83.0 Å². The van der Waals surface area contributed by atoms with Gasteiger partial charge in [0, 0.05) is 29.9 Å². The van der Waals surface area contributed by atoms with E-state index >= 15 is 0 Å². The van der Waals surface area contributed by atoms with E-state index in [2.05, 4.69) is 96.3 Å². The van der Waals surface area contributed by atoms with Crippen LogP contribution in [0.5, 0.6) is 0 Å². The number of benzene rings is 3. The fourth-order valence-corrected chi connectivity index (χ4v) is 5.79. The third-order valence-corrected chi connectivity index (χ3v) is 7.55. The number of rotatable bonds is 1. The average Bonchev–Trinajstić information content (AvgIpc) is 3.44. The number of hydrogen-bond acceptors (Lipinski definition) is 4. The van der Waals surface area contributed by atoms with Crippen LogP contribution in [0.1, 0.15) is 36.7 Å². The van der Waals surface area contributed by atoms with Gasteiger partial charge >= 0.3 is 0 Å². The molecule has 3 aromatic carbocycles. The fraction of sp³-hybridized carbons (Fsp3) is 0.233. The van der Waals surface area contributed by atoms with Crippen LogP contribution in [0.15, 0.2) is 65.1 Å². The zero-order valence-electron chi connectivity index (χ0n) is 19.3. The molecule has 0 bridgehead atoms. The lowest BCUT2D eigenvalue weighted by atomic mass is 10.0. The predicted molar refractivity (Wildman–Crippen MR) is 142 cm³/mol. The minimum atomic E-state index is 0. The Morgan fingerprint density at radius 3 is 2.53 bits per heavy atom. The van der Waals surface area contributed by atoms with Gasteiger partial charge in [-0.3, -0.25) is 0 Å². The molecule has 3 heterocycles. The van der Waals surface area contributed by atoms with Crippen molar-refractivity contribution in [3.63, 3.8) is 0 Å². The van der Waals surface area contributed by atoms with Gasteiger partial charge in [0.05, 0.1) is 17.1 Å². The van der Waals surface area contributed by atoms with Gasteiger partial charge in [0.15, 0.2) is 5.58 Å². The maximum Gasteiger partial charge on any atom is 0.227 e. The molecule has 0 radical (unpaired) electrons. The summed E-state index contributed by atoms with van der Waals surface area (Å²) in [5.74, 6) is 0. The Hall–Kier alpha value is -3.79. The van der Waals surface area contributed by atoms with E-state index in [4.69, 9.17) is 4.42 Å². The van der Waals surface area contributed by atoms with Crippen molar-refractivity contribution in [1.82, 2.24) is 4.98 Å². The second kappa shape index (κ2) is 7.10. The minimum Gasteiger partial charge on any atom is -0.435 e. The number of furan rings is 1. The standard InChI is InChI=1S/C29H25N3O.CH4/c1-16-9-11-22-23-12-10-17(2)30-29(23)33-28(22)26(16)32-18(3)31(4)25-14-13-21-20-8-6-5-7-19(20)15-24(21)27(25)32;/h5-14,18H,15H2,1-4H3;1H4/t18-;/m0./s1. The molecule has 4 heteroatoms. The van der Waals surface area contributed by atoms with Crippen LogP contribution in [0.2, 0.25) is 0 Å². The summed E-state index contributed by atoms with van der Waals surface area (Å²) in [5.41, 5.74) is 13.1. The van der Waals surface area contributed by atoms with E-state index in [0.717, 1.165) is 34.2 Å². The molecule has 0 amide bonds. The van der Waals surface area contributed by atoms with Gasteiger partial charge in [0.1, 0.15) is 6.17 Å². The maximum atomic E-state index is 6.47. The summed E-state index contributed by atoms with van der Waals surface area (Å²) >= 11 is 0. The van der Waals surface area contributed by atoms with Crippen LogP contribution in [0.4, 0.5) is 17.1 Å². The van der Waals surface area contributed by atoms with Gasteiger partial charge in [-0.15, -0.1) is 0 Å². The topological polar surface area (TPSA) is 32.5 Å². The van der Waals surface area contributed by atoms with Crippen molar-refractivity contribution in [2.24, 2.45) is 0 Å². The number of aromatic nitrogens is 1. The van der Waals surface area contributed by atoms with Crippen LogP contribution in [-0.4, -0.2) is 18.2 Å². The van der Waals surface area contributed by atoms with Crippen molar-refractivity contribution in [2.75, 3.05) is 16.8 Å². The lowest BCUT2D eigenvalue weighted by Gasteiger charge is -2.29. The second-order valence-electron chi connectivity index (χ2n) is 9.42. The van der Waals surface area contributed by atoms with Crippen LogP contribution in [0, 0.1) is 13.8 Å². The molecule has 1 aliphatic heterocycles. The zero-order chi connectivity index (χ0) is 22.4. The minimum absolute atomic E-state index is 0. The third-order valence-electron chi connectivity index (χ3n) is 7.55. The quantitative estimate of drug-likeness (QED) is 0.258. The molecule has 0 saturated carbocycles. The lowest BCUT2D eigenvalue weighted by Crippen LogP contribution is -2.36. The fourth-order valence-electron chi connectivity index (χ4n) is 5.79. The summed E-state index contributed by atoms with van der Waals surface area (Å²) in [6, 6.07) is 22.0. The highest BCUT2D eigenvalue weighted by molar-refractivity contribution is 6.10. The van der Waals surface area contributed by atoms with E-state index in [0.29, 0.717) is 5.71 Å². The molecule has 7 rings (SSSR count). The Bertz CT molecular complexity index is 1610. The van der Waals surface area contributed by atoms with Crippen molar-refractivity contribution >= 4 is 39.1 Å². The molecule has 1 atom stereocenters. The van der Waals surface area contributed by atoms with E-state index in [-0.39, 0.29) is 13.6 Å². The molecule has 0 fully saturated rings. The number of fused-ring (bicyclic) bond motifs is 8. The molecule has 34 heavy (non-hydrogen) atoms. The lowest BCUT2D eigenvalue weighted by molar-refractivity contribution is 0.647. The maximum absolute atomic E-state index is 6.47. The number of nitrogens with zero attached hydrogens (tertiary/aromatic N) is 3. The normalized spacial score (nSPS) is 16.1. The van der Waals surface area contributed by atoms with Crippen LogP contribution in [0.3, 0.4) is 0 Å². The van der Waals surface area contributed by atoms with Crippen molar-refractivity contribution in [3.8, 4) is 11.1 Å². The van der Waals surface area contributed by atoms with Gasteiger partial charge in [-0.1, -0.05) is 49.9 Å². The van der Waals surface area contributed by atoms with Crippen LogP contribution < -0.4 is 9.80 Å². The largest absolute Gasteiger partial charge is 0.435 e. The van der Waals surface area contributed by atoms with Crippen molar-refractivity contribution in [2.45, 2.75) is 40.8 Å². The highest BCUT2D eigenvalue weighted by Crippen LogP contribution is 2.53. The summed E-state index contributed by atoms with van der Waals surface area (Å²) in [6.07, 6.45) is 1.13. The molecule has 2 aliphatic rings. The SMILES string of the molecule is C.Cc1ccc2c(n1)oc1c(N3c4c(ccc5c4Cc4ccccc4-5)N(C)[C@@H]3C)c(C)ccc12. The second-order valence-corrected chi connectivity index (χ2v) is 9.42. The first-order valence-corrected chi connectivity index (χ1v) is 11.6. The molecule has 170 valence electrons. The van der Waals surface area contributed by atoms with Crippen molar-refractivity contribution in [1.29, 1.82) is 0 Å². The first kappa shape index (κ1) is 20.8. The Kier molecular flexibility index (Phi) is 4.34. The summed E-state index contributed by atoms with van der Waals surface area (Å²) in [6.45, 7) is 6.47. The number of anilines is 3. The van der Waals surface area contributed by atoms with Gasteiger partial charge in [0.2, 0.25) is 5.71 Å². The molecule has 2 aromatic heterocycles. The van der Waals surface area contributed by atoms with Crippen LogP contribution in [0.25, 0.3) is 33.2 Å². The Morgan fingerprint density at radius 1 is 0.882 bits per heavy atom. The first-order valence-electron chi connectivity index (χ1n) is 11.6. The number of pyridine rings is 1. The smallest absolute Gasteiger partial charge is 0.227 e. The van der Waals surface area contributed by atoms with E-state index in [9.17, 15) is 0 Å². The highest BCUT2D eigenvalue weighted by atomic mass is 16.3. The van der Waals surface area contributed by atoms with E-state index in [1.165, 1.54) is 39.2 Å². The van der Waals surface area contributed by atoms with Crippen LogP contribution >= 0.6 is 0 Å². The number of aryl methyl sites for hydroxylation is 2. The molecule has 0 spiro atoms. The Morgan fingerprint density at radius 2 is 1.68 bits per heavy atom. The summed E-state index contributed by atoms with van der Waals surface area (Å²) in [7, 11) is 2.19. The molecular formula is C30H29N3O. The van der Waals surface area contributed by atoms with Crippen molar-refractivity contribution < 1.29 is 4.42 Å². The summed E-state index contributed by atoms with van der Waals surface area (Å²) < 4.78 is 6.47. The molecule has 5 aromatic rings. The Balaban J connectivity index is 0.00000217. The molecular weight excluding hydrogens is 418 g/mol. The highest BCUT2D eigenvalue weighted by Gasteiger charge is 2.38. The molecule has 0 N–H and O–H groups in total. The monoisotopic (exact) mass is 447 g/mol. The predicted octanol–water partition coefficient (Wildman–Crippen LogP) is 7.74. The van der Waals surface area contributed by atoms with Gasteiger partial charge < -0.3 is 14.2 Å². The van der Waals surface area contributed by atoms with E-state index in [1.54, 1.807) is 0 Å². The van der Waals surface area contributed by atoms with E-state index in [1.807, 2.05) is 6.92 Å². The number of hydrogen-bond donors (Lipinski definition) is 0. The molecule has 4 nitrogen and oxygen atoms in total. The first-order chi connectivity index (χ1) is 16.0. The molecule has 0 saturated heterocycles.